The van der Waals surface area contributed by atoms with Crippen molar-refractivity contribution in [2.45, 2.75) is 25.8 Å². The molecule has 9 heteroatoms. The molecule has 1 aromatic carbocycles. The van der Waals surface area contributed by atoms with E-state index in [9.17, 15) is 4.79 Å². The summed E-state index contributed by atoms with van der Waals surface area (Å²) in [6.45, 7) is 3.78. The van der Waals surface area contributed by atoms with Crippen molar-refractivity contribution in [2.75, 3.05) is 18.4 Å². The van der Waals surface area contributed by atoms with Crippen molar-refractivity contribution in [3.05, 3.63) is 54.2 Å². The molecule has 1 aliphatic rings. The molecule has 0 spiro atoms. The minimum atomic E-state index is -0.297. The SMILES string of the molecule is Cc1c(C(=O)Nc2cccc(Oc3cnccn3)c2)nnn1C1CCNCC1. The van der Waals surface area contributed by atoms with Crippen LogP contribution in [-0.2, 0) is 0 Å². The average Bonchev–Trinajstić information content (AvgIpc) is 3.11. The van der Waals surface area contributed by atoms with Crippen LogP contribution in [0.4, 0.5) is 5.69 Å². The molecule has 3 heterocycles. The van der Waals surface area contributed by atoms with Gasteiger partial charge in [0.2, 0.25) is 5.88 Å². The molecular formula is C19H21N7O2. The quantitative estimate of drug-likeness (QED) is 0.701. The lowest BCUT2D eigenvalue weighted by Gasteiger charge is -2.23. The van der Waals surface area contributed by atoms with Crippen LogP contribution < -0.4 is 15.4 Å². The largest absolute Gasteiger partial charge is 0.437 e. The van der Waals surface area contributed by atoms with E-state index in [1.165, 1.54) is 6.20 Å². The second-order valence-electron chi connectivity index (χ2n) is 6.58. The summed E-state index contributed by atoms with van der Waals surface area (Å²) in [6, 6.07) is 7.36. The van der Waals surface area contributed by atoms with Gasteiger partial charge in [0.15, 0.2) is 5.69 Å². The number of carbonyl (C=O) groups is 1. The van der Waals surface area contributed by atoms with Crippen LogP contribution in [0.15, 0.2) is 42.9 Å². The zero-order valence-corrected chi connectivity index (χ0v) is 15.5. The number of ether oxygens (including phenoxy) is 1. The number of hydrogen-bond donors (Lipinski definition) is 2. The second kappa shape index (κ2) is 8.13. The van der Waals surface area contributed by atoms with Gasteiger partial charge in [-0.05, 0) is 45.0 Å². The Balaban J connectivity index is 1.46. The van der Waals surface area contributed by atoms with E-state index in [1.807, 2.05) is 11.6 Å². The van der Waals surface area contributed by atoms with Gasteiger partial charge < -0.3 is 15.4 Å². The first-order valence-corrected chi connectivity index (χ1v) is 9.18. The van der Waals surface area contributed by atoms with Crippen LogP contribution >= 0.6 is 0 Å². The minimum Gasteiger partial charge on any atom is -0.437 e. The van der Waals surface area contributed by atoms with Crippen molar-refractivity contribution >= 4 is 11.6 Å². The molecule has 0 radical (unpaired) electrons. The molecule has 144 valence electrons. The molecule has 1 fully saturated rings. The number of carbonyl (C=O) groups excluding carboxylic acids is 1. The van der Waals surface area contributed by atoms with Crippen molar-refractivity contribution in [1.29, 1.82) is 0 Å². The molecule has 0 saturated carbocycles. The average molecular weight is 379 g/mol. The molecule has 1 amide bonds. The molecule has 0 aliphatic carbocycles. The number of nitrogens with one attached hydrogen (secondary N) is 2. The Morgan fingerprint density at radius 2 is 2.14 bits per heavy atom. The van der Waals surface area contributed by atoms with Gasteiger partial charge in [-0.3, -0.25) is 9.78 Å². The number of rotatable bonds is 5. The summed E-state index contributed by atoms with van der Waals surface area (Å²) in [4.78, 5) is 20.7. The zero-order chi connectivity index (χ0) is 19.3. The van der Waals surface area contributed by atoms with Gasteiger partial charge in [0, 0.05) is 24.1 Å². The van der Waals surface area contributed by atoms with Crippen LogP contribution in [0.3, 0.4) is 0 Å². The van der Waals surface area contributed by atoms with Gasteiger partial charge in [-0.1, -0.05) is 11.3 Å². The van der Waals surface area contributed by atoms with Gasteiger partial charge >= 0.3 is 0 Å². The first kappa shape index (κ1) is 18.1. The lowest BCUT2D eigenvalue weighted by molar-refractivity contribution is 0.102. The summed E-state index contributed by atoms with van der Waals surface area (Å²) in [5.74, 6) is 0.634. The summed E-state index contributed by atoms with van der Waals surface area (Å²) in [6.07, 6.45) is 6.60. The maximum absolute atomic E-state index is 12.7. The summed E-state index contributed by atoms with van der Waals surface area (Å²) >= 11 is 0. The lowest BCUT2D eigenvalue weighted by Crippen LogP contribution is -2.30. The zero-order valence-electron chi connectivity index (χ0n) is 15.5. The monoisotopic (exact) mass is 379 g/mol. The van der Waals surface area contributed by atoms with Gasteiger partial charge in [0.05, 0.1) is 17.9 Å². The lowest BCUT2D eigenvalue weighted by atomic mass is 10.1. The number of benzene rings is 1. The van der Waals surface area contributed by atoms with Crippen LogP contribution in [0, 0.1) is 6.92 Å². The molecule has 2 N–H and O–H groups in total. The predicted molar refractivity (Wildman–Crippen MR) is 102 cm³/mol. The Morgan fingerprint density at radius 1 is 1.29 bits per heavy atom. The molecule has 4 rings (SSSR count). The molecule has 0 unspecified atom stereocenters. The second-order valence-corrected chi connectivity index (χ2v) is 6.58. The van der Waals surface area contributed by atoms with Gasteiger partial charge in [0.1, 0.15) is 5.75 Å². The van der Waals surface area contributed by atoms with E-state index < -0.39 is 0 Å². The topological polar surface area (TPSA) is 107 Å². The highest BCUT2D eigenvalue weighted by molar-refractivity contribution is 6.03. The van der Waals surface area contributed by atoms with Crippen molar-refractivity contribution in [2.24, 2.45) is 0 Å². The van der Waals surface area contributed by atoms with E-state index in [4.69, 9.17) is 4.74 Å². The molecule has 0 atom stereocenters. The number of piperidine rings is 1. The Kier molecular flexibility index (Phi) is 5.24. The Hall–Kier alpha value is -3.33. The van der Waals surface area contributed by atoms with Gasteiger partial charge in [-0.15, -0.1) is 5.10 Å². The third kappa shape index (κ3) is 3.99. The van der Waals surface area contributed by atoms with Crippen LogP contribution in [0.5, 0.6) is 11.6 Å². The molecule has 28 heavy (non-hydrogen) atoms. The Bertz CT molecular complexity index is 952. The smallest absolute Gasteiger partial charge is 0.278 e. The third-order valence-corrected chi connectivity index (χ3v) is 4.65. The van der Waals surface area contributed by atoms with Gasteiger partial charge in [-0.25, -0.2) is 9.67 Å². The number of aromatic nitrogens is 5. The fourth-order valence-electron chi connectivity index (χ4n) is 3.24. The Morgan fingerprint density at radius 3 is 2.93 bits per heavy atom. The maximum atomic E-state index is 12.7. The van der Waals surface area contributed by atoms with E-state index in [0.29, 0.717) is 23.0 Å². The van der Waals surface area contributed by atoms with E-state index in [2.05, 4.69) is 30.9 Å². The summed E-state index contributed by atoms with van der Waals surface area (Å²) < 4.78 is 7.51. The van der Waals surface area contributed by atoms with E-state index >= 15 is 0 Å². The molecule has 2 aromatic heterocycles. The molecule has 1 aliphatic heterocycles. The first-order chi connectivity index (χ1) is 13.7. The summed E-state index contributed by atoms with van der Waals surface area (Å²) in [5, 5.41) is 14.5. The maximum Gasteiger partial charge on any atom is 0.278 e. The third-order valence-electron chi connectivity index (χ3n) is 4.65. The number of hydrogen-bond acceptors (Lipinski definition) is 7. The number of nitrogens with zero attached hydrogens (tertiary/aromatic N) is 5. The highest BCUT2D eigenvalue weighted by atomic mass is 16.5. The van der Waals surface area contributed by atoms with Crippen LogP contribution in [0.1, 0.15) is 35.1 Å². The standard InChI is InChI=1S/C19H21N7O2/c1-13-18(24-25-26(13)15-5-7-20-8-6-15)19(27)23-14-3-2-4-16(11-14)28-17-12-21-9-10-22-17/h2-4,9-12,15,20H,5-8H2,1H3,(H,23,27). The molecule has 0 bridgehead atoms. The molecule has 9 nitrogen and oxygen atoms in total. The van der Waals surface area contributed by atoms with E-state index in [0.717, 1.165) is 31.6 Å². The number of anilines is 1. The van der Waals surface area contributed by atoms with E-state index in [1.54, 1.807) is 36.7 Å². The minimum absolute atomic E-state index is 0.277. The van der Waals surface area contributed by atoms with Crippen LogP contribution in [-0.4, -0.2) is 44.0 Å². The van der Waals surface area contributed by atoms with Crippen molar-refractivity contribution in [1.82, 2.24) is 30.3 Å². The fourth-order valence-corrected chi connectivity index (χ4v) is 3.24. The first-order valence-electron chi connectivity index (χ1n) is 9.18. The van der Waals surface area contributed by atoms with Crippen molar-refractivity contribution < 1.29 is 9.53 Å². The summed E-state index contributed by atoms with van der Waals surface area (Å²) in [7, 11) is 0. The van der Waals surface area contributed by atoms with Gasteiger partial charge in [0.25, 0.3) is 5.91 Å². The normalized spacial score (nSPS) is 14.6. The highest BCUT2D eigenvalue weighted by Crippen LogP contribution is 2.24. The van der Waals surface area contributed by atoms with Crippen LogP contribution in [0.25, 0.3) is 0 Å². The fraction of sp³-hybridized carbons (Fsp3) is 0.316. The van der Waals surface area contributed by atoms with Crippen molar-refractivity contribution in [3.8, 4) is 11.6 Å². The summed E-state index contributed by atoms with van der Waals surface area (Å²) in [5.41, 5.74) is 1.71. The van der Waals surface area contributed by atoms with E-state index in [-0.39, 0.29) is 11.9 Å². The van der Waals surface area contributed by atoms with Gasteiger partial charge in [-0.2, -0.15) is 0 Å². The van der Waals surface area contributed by atoms with Crippen molar-refractivity contribution in [3.63, 3.8) is 0 Å². The molecule has 3 aromatic rings. The molecular weight excluding hydrogens is 358 g/mol. The predicted octanol–water partition coefficient (Wildman–Crippen LogP) is 2.35. The van der Waals surface area contributed by atoms with Crippen LogP contribution in [0.2, 0.25) is 0 Å². The number of amides is 1. The highest BCUT2D eigenvalue weighted by Gasteiger charge is 2.23. The molecule has 1 saturated heterocycles. The Labute approximate surface area is 162 Å².